The van der Waals surface area contributed by atoms with Crippen LogP contribution in [0.3, 0.4) is 0 Å². The van der Waals surface area contributed by atoms with Crippen molar-refractivity contribution in [3.63, 3.8) is 0 Å². The fourth-order valence-electron chi connectivity index (χ4n) is 1.83. The first-order valence-electron chi connectivity index (χ1n) is 5.35. The SMILES string of the molecule is COc1ccc(OC)c(-c2c(C#N)ncn2C)c1. The Hall–Kier alpha value is -2.48. The molecule has 92 valence electrons. The van der Waals surface area contributed by atoms with Crippen molar-refractivity contribution in [2.75, 3.05) is 14.2 Å². The summed E-state index contributed by atoms with van der Waals surface area (Å²) in [5.74, 6) is 1.38. The second-order valence-electron chi connectivity index (χ2n) is 3.73. The Morgan fingerprint density at radius 3 is 2.67 bits per heavy atom. The fraction of sp³-hybridized carbons (Fsp3) is 0.231. The number of hydrogen-bond donors (Lipinski definition) is 0. The quantitative estimate of drug-likeness (QED) is 0.827. The lowest BCUT2D eigenvalue weighted by Crippen LogP contribution is -1.96. The van der Waals surface area contributed by atoms with Gasteiger partial charge in [0.2, 0.25) is 0 Å². The summed E-state index contributed by atoms with van der Waals surface area (Å²) in [4.78, 5) is 4.05. The van der Waals surface area contributed by atoms with Crippen LogP contribution in [-0.2, 0) is 7.05 Å². The van der Waals surface area contributed by atoms with Gasteiger partial charge in [0.05, 0.1) is 26.2 Å². The van der Waals surface area contributed by atoms with E-state index in [1.54, 1.807) is 25.1 Å². The van der Waals surface area contributed by atoms with E-state index < -0.39 is 0 Å². The lowest BCUT2D eigenvalue weighted by molar-refractivity contribution is 0.404. The third-order valence-electron chi connectivity index (χ3n) is 2.70. The van der Waals surface area contributed by atoms with Gasteiger partial charge >= 0.3 is 0 Å². The maximum atomic E-state index is 9.09. The first kappa shape index (κ1) is 12.0. The van der Waals surface area contributed by atoms with E-state index in [1.165, 1.54) is 0 Å². The Balaban J connectivity index is 2.69. The van der Waals surface area contributed by atoms with Gasteiger partial charge in [0.15, 0.2) is 5.69 Å². The Morgan fingerprint density at radius 2 is 2.06 bits per heavy atom. The number of benzene rings is 1. The van der Waals surface area contributed by atoms with Crippen molar-refractivity contribution in [2.45, 2.75) is 0 Å². The summed E-state index contributed by atoms with van der Waals surface area (Å²) in [6.45, 7) is 0. The lowest BCUT2D eigenvalue weighted by Gasteiger charge is -2.11. The molecule has 2 rings (SSSR count). The molecule has 0 saturated carbocycles. The Kier molecular flexibility index (Phi) is 3.20. The summed E-state index contributed by atoms with van der Waals surface area (Å²) in [6, 6.07) is 7.52. The number of nitriles is 1. The highest BCUT2D eigenvalue weighted by Gasteiger charge is 2.16. The van der Waals surface area contributed by atoms with Crippen LogP contribution in [0, 0.1) is 11.3 Å². The number of aryl methyl sites for hydroxylation is 1. The van der Waals surface area contributed by atoms with Crippen LogP contribution in [0.15, 0.2) is 24.5 Å². The predicted molar refractivity (Wildman–Crippen MR) is 66.5 cm³/mol. The maximum Gasteiger partial charge on any atom is 0.166 e. The first-order valence-corrected chi connectivity index (χ1v) is 5.35. The van der Waals surface area contributed by atoms with Gasteiger partial charge < -0.3 is 14.0 Å². The van der Waals surface area contributed by atoms with Gasteiger partial charge in [0.25, 0.3) is 0 Å². The van der Waals surface area contributed by atoms with Gasteiger partial charge in [-0.15, -0.1) is 0 Å². The summed E-state index contributed by atoms with van der Waals surface area (Å²) >= 11 is 0. The topological polar surface area (TPSA) is 60.1 Å². The standard InChI is InChI=1S/C13H13N3O2/c1-16-8-15-11(7-14)13(16)10-6-9(17-2)4-5-12(10)18-3/h4-6,8H,1-3H3. The largest absolute Gasteiger partial charge is 0.497 e. The van der Waals surface area contributed by atoms with E-state index in [1.807, 2.05) is 25.2 Å². The highest BCUT2D eigenvalue weighted by Crippen LogP contribution is 2.34. The van der Waals surface area contributed by atoms with Crippen molar-refractivity contribution in [3.8, 4) is 28.8 Å². The van der Waals surface area contributed by atoms with Crippen molar-refractivity contribution in [3.05, 3.63) is 30.2 Å². The first-order chi connectivity index (χ1) is 8.71. The molecule has 0 aliphatic heterocycles. The summed E-state index contributed by atoms with van der Waals surface area (Å²) in [5, 5.41) is 9.09. The molecule has 0 unspecified atom stereocenters. The lowest BCUT2D eigenvalue weighted by atomic mass is 10.1. The maximum absolute atomic E-state index is 9.09. The fourth-order valence-corrected chi connectivity index (χ4v) is 1.83. The van der Waals surface area contributed by atoms with E-state index >= 15 is 0 Å². The molecule has 0 aliphatic rings. The average Bonchev–Trinajstić information content (AvgIpc) is 2.78. The zero-order valence-corrected chi connectivity index (χ0v) is 10.5. The summed E-state index contributed by atoms with van der Waals surface area (Å²) in [5.41, 5.74) is 1.87. The molecule has 1 aromatic carbocycles. The Bertz CT molecular complexity index is 611. The van der Waals surface area contributed by atoms with Crippen molar-refractivity contribution >= 4 is 0 Å². The van der Waals surface area contributed by atoms with E-state index in [-0.39, 0.29) is 0 Å². The molecule has 2 aromatic rings. The number of rotatable bonds is 3. The molecule has 0 fully saturated rings. The zero-order chi connectivity index (χ0) is 13.1. The van der Waals surface area contributed by atoms with Crippen LogP contribution in [-0.4, -0.2) is 23.8 Å². The van der Waals surface area contributed by atoms with Crippen LogP contribution in [0.1, 0.15) is 5.69 Å². The van der Waals surface area contributed by atoms with Gasteiger partial charge in [-0.25, -0.2) is 4.98 Å². The molecule has 18 heavy (non-hydrogen) atoms. The van der Waals surface area contributed by atoms with E-state index in [9.17, 15) is 0 Å². The van der Waals surface area contributed by atoms with Gasteiger partial charge in [-0.1, -0.05) is 0 Å². The van der Waals surface area contributed by atoms with E-state index in [4.69, 9.17) is 14.7 Å². The van der Waals surface area contributed by atoms with Crippen LogP contribution in [0.2, 0.25) is 0 Å². The number of ether oxygens (including phenoxy) is 2. The van der Waals surface area contributed by atoms with Crippen molar-refractivity contribution < 1.29 is 9.47 Å². The molecule has 0 radical (unpaired) electrons. The molecule has 0 atom stereocenters. The van der Waals surface area contributed by atoms with Gasteiger partial charge in [-0.05, 0) is 18.2 Å². The third-order valence-corrected chi connectivity index (χ3v) is 2.70. The zero-order valence-electron chi connectivity index (χ0n) is 10.5. The van der Waals surface area contributed by atoms with E-state index in [2.05, 4.69) is 11.1 Å². The van der Waals surface area contributed by atoms with Gasteiger partial charge in [-0.3, -0.25) is 0 Å². The minimum absolute atomic E-state index is 0.365. The van der Waals surface area contributed by atoms with Crippen molar-refractivity contribution in [2.24, 2.45) is 7.05 Å². The Morgan fingerprint density at radius 1 is 1.28 bits per heavy atom. The molecule has 0 aliphatic carbocycles. The van der Waals surface area contributed by atoms with Gasteiger partial charge in [0.1, 0.15) is 17.6 Å². The summed E-state index contributed by atoms with van der Waals surface area (Å²) in [6.07, 6.45) is 1.60. The van der Waals surface area contributed by atoms with Crippen LogP contribution >= 0.6 is 0 Å². The molecule has 0 amide bonds. The Labute approximate surface area is 105 Å². The smallest absolute Gasteiger partial charge is 0.166 e. The molecule has 1 aromatic heterocycles. The van der Waals surface area contributed by atoms with E-state index in [0.717, 1.165) is 5.56 Å². The summed E-state index contributed by atoms with van der Waals surface area (Å²) < 4.78 is 12.3. The van der Waals surface area contributed by atoms with Crippen molar-refractivity contribution in [1.29, 1.82) is 5.26 Å². The highest BCUT2D eigenvalue weighted by molar-refractivity contribution is 5.73. The molecule has 0 bridgehead atoms. The number of nitrogens with zero attached hydrogens (tertiary/aromatic N) is 3. The molecule has 0 saturated heterocycles. The van der Waals surface area contributed by atoms with Crippen LogP contribution in [0.4, 0.5) is 0 Å². The van der Waals surface area contributed by atoms with Gasteiger partial charge in [-0.2, -0.15) is 5.26 Å². The molecule has 0 spiro atoms. The van der Waals surface area contributed by atoms with Gasteiger partial charge in [0, 0.05) is 12.6 Å². The minimum Gasteiger partial charge on any atom is -0.497 e. The molecule has 5 heteroatoms. The monoisotopic (exact) mass is 243 g/mol. The number of aromatic nitrogens is 2. The van der Waals surface area contributed by atoms with Crippen molar-refractivity contribution in [1.82, 2.24) is 9.55 Å². The second-order valence-corrected chi connectivity index (χ2v) is 3.73. The number of methoxy groups -OCH3 is 2. The molecule has 0 N–H and O–H groups in total. The highest BCUT2D eigenvalue weighted by atomic mass is 16.5. The number of imidazole rings is 1. The third kappa shape index (κ3) is 1.89. The van der Waals surface area contributed by atoms with Crippen LogP contribution in [0.5, 0.6) is 11.5 Å². The van der Waals surface area contributed by atoms with Crippen LogP contribution < -0.4 is 9.47 Å². The molecular weight excluding hydrogens is 230 g/mol. The molecule has 5 nitrogen and oxygen atoms in total. The normalized spacial score (nSPS) is 9.89. The predicted octanol–water partition coefficient (Wildman–Crippen LogP) is 1.98. The molecular formula is C13H13N3O2. The molecule has 1 heterocycles. The minimum atomic E-state index is 0.365. The average molecular weight is 243 g/mol. The summed E-state index contributed by atoms with van der Waals surface area (Å²) in [7, 11) is 5.02. The van der Waals surface area contributed by atoms with Crippen LogP contribution in [0.25, 0.3) is 11.3 Å². The van der Waals surface area contributed by atoms with E-state index in [0.29, 0.717) is 22.9 Å². The number of hydrogen-bond acceptors (Lipinski definition) is 4. The second kappa shape index (κ2) is 4.80.